The van der Waals surface area contributed by atoms with Gasteiger partial charge in [-0.2, -0.15) is 0 Å². The lowest BCUT2D eigenvalue weighted by atomic mass is 9.79. The Hall–Kier alpha value is -2.31. The molecule has 108 valence electrons. The van der Waals surface area contributed by atoms with E-state index in [1.165, 1.54) is 19.2 Å². The van der Waals surface area contributed by atoms with Gasteiger partial charge in [0.25, 0.3) is 0 Å². The lowest BCUT2D eigenvalue weighted by molar-refractivity contribution is 0.111. The van der Waals surface area contributed by atoms with Crippen LogP contribution in [0, 0.1) is 0 Å². The summed E-state index contributed by atoms with van der Waals surface area (Å²) in [5, 5.41) is 18.4. The van der Waals surface area contributed by atoms with Crippen LogP contribution in [0.25, 0.3) is 0 Å². The maximum atomic E-state index is 11.2. The molecule has 2 aromatic carbocycles. The van der Waals surface area contributed by atoms with Crippen LogP contribution in [0.15, 0.2) is 42.5 Å². The van der Waals surface area contributed by atoms with Crippen LogP contribution in [-0.2, 0) is 6.61 Å². The number of aldehydes is 1. The Labute approximate surface area is 122 Å². The number of benzene rings is 2. The summed E-state index contributed by atoms with van der Waals surface area (Å²) >= 11 is 0. The van der Waals surface area contributed by atoms with Crippen molar-refractivity contribution in [2.24, 2.45) is 0 Å². The Kier molecular flexibility index (Phi) is 4.97. The highest BCUT2D eigenvalue weighted by Gasteiger charge is 2.19. The molecule has 0 heterocycles. The van der Waals surface area contributed by atoms with Gasteiger partial charge in [0.15, 0.2) is 17.8 Å². The van der Waals surface area contributed by atoms with Crippen LogP contribution in [-0.4, -0.2) is 30.6 Å². The van der Waals surface area contributed by atoms with E-state index >= 15 is 0 Å². The summed E-state index contributed by atoms with van der Waals surface area (Å²) in [6.45, 7) is 0.277. The lowest BCUT2D eigenvalue weighted by Crippen LogP contribution is -2.30. The van der Waals surface area contributed by atoms with E-state index in [0.717, 1.165) is 5.56 Å². The van der Waals surface area contributed by atoms with Crippen molar-refractivity contribution in [3.8, 4) is 11.5 Å². The van der Waals surface area contributed by atoms with E-state index in [2.05, 4.69) is 0 Å². The second-order valence-electron chi connectivity index (χ2n) is 4.41. The van der Waals surface area contributed by atoms with Crippen molar-refractivity contribution in [3.63, 3.8) is 0 Å². The van der Waals surface area contributed by atoms with Crippen molar-refractivity contribution in [2.45, 2.75) is 6.61 Å². The van der Waals surface area contributed by atoms with Gasteiger partial charge in [0.05, 0.1) is 12.7 Å². The van der Waals surface area contributed by atoms with E-state index in [4.69, 9.17) is 9.47 Å². The predicted molar refractivity (Wildman–Crippen MR) is 79.0 cm³/mol. The fourth-order valence-corrected chi connectivity index (χ4v) is 1.92. The number of rotatable bonds is 6. The van der Waals surface area contributed by atoms with Crippen molar-refractivity contribution in [1.29, 1.82) is 0 Å². The number of ether oxygens (including phenoxy) is 2. The number of hydrogen-bond acceptors (Lipinski definition) is 5. The highest BCUT2D eigenvalue weighted by atomic mass is 16.5. The minimum atomic E-state index is -1.68. The fourth-order valence-electron chi connectivity index (χ4n) is 1.92. The van der Waals surface area contributed by atoms with Crippen LogP contribution < -0.4 is 14.9 Å². The summed E-state index contributed by atoms with van der Waals surface area (Å²) in [4.78, 5) is 11.2. The summed E-state index contributed by atoms with van der Waals surface area (Å²) < 4.78 is 10.8. The standard InChI is InChI=1S/C15H15BO5/c1-20-14-8-13(16(18)19)7-12(9-17)15(14)21-10-11-5-3-2-4-6-11/h2-9,18-19H,10H2,1H3. The van der Waals surface area contributed by atoms with Gasteiger partial charge >= 0.3 is 7.12 Å². The van der Waals surface area contributed by atoms with E-state index in [1.54, 1.807) is 0 Å². The van der Waals surface area contributed by atoms with Crippen LogP contribution in [0.5, 0.6) is 11.5 Å². The van der Waals surface area contributed by atoms with Gasteiger partial charge in [0.2, 0.25) is 0 Å². The number of carbonyl (C=O) groups excluding carboxylic acids is 1. The van der Waals surface area contributed by atoms with Gasteiger partial charge in [-0.1, -0.05) is 30.3 Å². The third-order valence-corrected chi connectivity index (χ3v) is 2.98. The van der Waals surface area contributed by atoms with Crippen LogP contribution in [0.4, 0.5) is 0 Å². The molecule has 2 aromatic rings. The molecule has 0 unspecified atom stereocenters. The Bertz CT molecular complexity index is 613. The summed E-state index contributed by atoms with van der Waals surface area (Å²) in [5.41, 5.74) is 1.32. The zero-order chi connectivity index (χ0) is 15.2. The van der Waals surface area contributed by atoms with Gasteiger partial charge in [-0.15, -0.1) is 0 Å². The molecule has 2 rings (SSSR count). The summed E-state index contributed by atoms with van der Waals surface area (Å²) in [6.07, 6.45) is 0.592. The second-order valence-corrected chi connectivity index (χ2v) is 4.41. The molecule has 0 aliphatic rings. The predicted octanol–water partition coefficient (Wildman–Crippen LogP) is 0.766. The molecule has 0 saturated heterocycles. The average Bonchev–Trinajstić information content (AvgIpc) is 2.52. The van der Waals surface area contributed by atoms with Crippen LogP contribution in [0.3, 0.4) is 0 Å². The minimum Gasteiger partial charge on any atom is -0.493 e. The normalized spacial score (nSPS) is 10.0. The Morgan fingerprint density at radius 1 is 1.19 bits per heavy atom. The largest absolute Gasteiger partial charge is 0.493 e. The van der Waals surface area contributed by atoms with E-state index in [1.807, 2.05) is 30.3 Å². The minimum absolute atomic E-state index is 0.168. The molecule has 0 bridgehead atoms. The molecule has 0 saturated carbocycles. The Balaban J connectivity index is 2.31. The quantitative estimate of drug-likeness (QED) is 0.606. The number of methoxy groups -OCH3 is 1. The van der Waals surface area contributed by atoms with Gasteiger partial charge in [-0.25, -0.2) is 0 Å². The third kappa shape index (κ3) is 3.62. The first kappa shape index (κ1) is 15.1. The van der Waals surface area contributed by atoms with Crippen LogP contribution in [0.1, 0.15) is 15.9 Å². The van der Waals surface area contributed by atoms with E-state index in [9.17, 15) is 14.8 Å². The van der Waals surface area contributed by atoms with Gasteiger partial charge in [-0.05, 0) is 23.2 Å². The molecule has 0 atom stereocenters. The number of carbonyl (C=O) groups is 1. The lowest BCUT2D eigenvalue weighted by Gasteiger charge is -2.14. The first-order valence-electron chi connectivity index (χ1n) is 6.35. The summed E-state index contributed by atoms with van der Waals surface area (Å²) in [5.74, 6) is 0.555. The Morgan fingerprint density at radius 2 is 1.90 bits per heavy atom. The van der Waals surface area contributed by atoms with Crippen LogP contribution in [0.2, 0.25) is 0 Å². The average molecular weight is 286 g/mol. The smallest absolute Gasteiger partial charge is 0.488 e. The van der Waals surface area contributed by atoms with Crippen molar-refractivity contribution in [3.05, 3.63) is 53.6 Å². The number of hydrogen-bond donors (Lipinski definition) is 2. The molecular formula is C15H15BO5. The van der Waals surface area contributed by atoms with Gasteiger partial charge in [0.1, 0.15) is 6.61 Å². The molecule has 2 N–H and O–H groups in total. The van der Waals surface area contributed by atoms with Gasteiger partial charge in [-0.3, -0.25) is 4.79 Å². The zero-order valence-corrected chi connectivity index (χ0v) is 11.5. The first-order valence-corrected chi connectivity index (χ1v) is 6.35. The monoisotopic (exact) mass is 286 g/mol. The molecule has 21 heavy (non-hydrogen) atoms. The summed E-state index contributed by atoms with van der Waals surface area (Å²) in [7, 11) is -0.256. The molecule has 0 aliphatic heterocycles. The molecular weight excluding hydrogens is 271 g/mol. The zero-order valence-electron chi connectivity index (χ0n) is 11.5. The van der Waals surface area contributed by atoms with Gasteiger partial charge < -0.3 is 19.5 Å². The highest BCUT2D eigenvalue weighted by Crippen LogP contribution is 2.30. The van der Waals surface area contributed by atoms with E-state index in [-0.39, 0.29) is 29.1 Å². The van der Waals surface area contributed by atoms with E-state index in [0.29, 0.717) is 6.29 Å². The third-order valence-electron chi connectivity index (χ3n) is 2.98. The fraction of sp³-hybridized carbons (Fsp3) is 0.133. The van der Waals surface area contributed by atoms with Crippen molar-refractivity contribution < 1.29 is 24.3 Å². The molecule has 0 spiro atoms. The highest BCUT2D eigenvalue weighted by molar-refractivity contribution is 6.58. The Morgan fingerprint density at radius 3 is 2.48 bits per heavy atom. The van der Waals surface area contributed by atoms with E-state index < -0.39 is 7.12 Å². The van der Waals surface area contributed by atoms with Crippen LogP contribution >= 0.6 is 0 Å². The molecule has 0 fully saturated rings. The maximum absolute atomic E-state index is 11.2. The van der Waals surface area contributed by atoms with Crippen molar-refractivity contribution in [2.75, 3.05) is 7.11 Å². The van der Waals surface area contributed by atoms with Crippen molar-refractivity contribution in [1.82, 2.24) is 0 Å². The van der Waals surface area contributed by atoms with Crippen molar-refractivity contribution >= 4 is 18.9 Å². The van der Waals surface area contributed by atoms with Gasteiger partial charge in [0, 0.05) is 0 Å². The summed E-state index contributed by atoms with van der Waals surface area (Å²) in [6, 6.07) is 12.3. The molecule has 0 aliphatic carbocycles. The molecule has 0 aromatic heterocycles. The SMILES string of the molecule is COc1cc(B(O)O)cc(C=O)c1OCc1ccccc1. The molecule has 0 radical (unpaired) electrons. The molecule has 5 nitrogen and oxygen atoms in total. The topological polar surface area (TPSA) is 76.0 Å². The first-order chi connectivity index (χ1) is 10.2. The second kappa shape index (κ2) is 6.92. The maximum Gasteiger partial charge on any atom is 0.488 e. The molecule has 6 heteroatoms. The molecule has 0 amide bonds.